The summed E-state index contributed by atoms with van der Waals surface area (Å²) < 4.78 is 2.49. The van der Waals surface area contributed by atoms with E-state index in [2.05, 4.69) is 9.69 Å². The van der Waals surface area contributed by atoms with E-state index in [-0.39, 0.29) is 11.3 Å². The molecule has 0 aliphatic heterocycles. The van der Waals surface area contributed by atoms with Gasteiger partial charge in [-0.15, -0.1) is 0 Å². The normalized spacial score (nSPS) is 9.78. The van der Waals surface area contributed by atoms with Crippen LogP contribution in [0.25, 0.3) is 0 Å². The van der Waals surface area contributed by atoms with Gasteiger partial charge in [-0.3, -0.25) is 14.0 Å². The van der Waals surface area contributed by atoms with Gasteiger partial charge in [-0.25, -0.2) is 0 Å². The Morgan fingerprint density at radius 2 is 2.06 bits per heavy atom. The summed E-state index contributed by atoms with van der Waals surface area (Å²) in [5.74, 6) is -0.00874. The highest BCUT2D eigenvalue weighted by Gasteiger charge is 2.09. The molecule has 0 fully saturated rings. The SMILES string of the molecule is CC(=O)c1ccc(Nc2s[nH]c(=O)c2C#N)cc1. The van der Waals surface area contributed by atoms with Gasteiger partial charge in [0.15, 0.2) is 11.3 Å². The second kappa shape index (κ2) is 4.85. The summed E-state index contributed by atoms with van der Waals surface area (Å²) in [5, 5.41) is 12.3. The number of hydrogen-bond donors (Lipinski definition) is 2. The summed E-state index contributed by atoms with van der Waals surface area (Å²) in [7, 11) is 0. The van der Waals surface area contributed by atoms with Crippen molar-refractivity contribution in [1.82, 2.24) is 4.37 Å². The molecule has 1 aromatic carbocycles. The zero-order valence-electron chi connectivity index (χ0n) is 9.48. The molecule has 18 heavy (non-hydrogen) atoms. The number of benzene rings is 1. The predicted molar refractivity (Wildman–Crippen MR) is 69.4 cm³/mol. The number of nitrogens with zero attached hydrogens (tertiary/aromatic N) is 1. The van der Waals surface area contributed by atoms with E-state index < -0.39 is 5.56 Å². The van der Waals surface area contributed by atoms with Crippen LogP contribution in [0.15, 0.2) is 29.1 Å². The number of anilines is 2. The second-order valence-corrected chi connectivity index (χ2v) is 4.42. The van der Waals surface area contributed by atoms with Crippen LogP contribution in [0, 0.1) is 11.3 Å². The highest BCUT2D eigenvalue weighted by molar-refractivity contribution is 7.10. The average molecular weight is 259 g/mol. The van der Waals surface area contributed by atoms with Crippen LogP contribution in [0.1, 0.15) is 22.8 Å². The highest BCUT2D eigenvalue weighted by Crippen LogP contribution is 2.22. The molecular weight excluding hydrogens is 250 g/mol. The van der Waals surface area contributed by atoms with Crippen LogP contribution >= 0.6 is 11.5 Å². The Morgan fingerprint density at radius 1 is 1.39 bits per heavy atom. The molecule has 0 bridgehead atoms. The number of carbonyl (C=O) groups excluding carboxylic acids is 1. The van der Waals surface area contributed by atoms with E-state index >= 15 is 0 Å². The lowest BCUT2D eigenvalue weighted by molar-refractivity contribution is 0.101. The summed E-state index contributed by atoms with van der Waals surface area (Å²) in [6, 6.07) is 8.67. The monoisotopic (exact) mass is 259 g/mol. The van der Waals surface area contributed by atoms with Crippen molar-refractivity contribution in [1.29, 1.82) is 5.26 Å². The molecule has 0 atom stereocenters. The van der Waals surface area contributed by atoms with Crippen molar-refractivity contribution in [3.63, 3.8) is 0 Å². The number of Topliss-reactive ketones (excluding diaryl/α,β-unsaturated/α-hetero) is 1. The zero-order chi connectivity index (χ0) is 13.1. The van der Waals surface area contributed by atoms with Gasteiger partial charge in [0.1, 0.15) is 11.1 Å². The van der Waals surface area contributed by atoms with E-state index in [0.717, 1.165) is 11.5 Å². The molecule has 0 spiro atoms. The molecule has 90 valence electrons. The largest absolute Gasteiger partial charge is 0.345 e. The van der Waals surface area contributed by atoms with Gasteiger partial charge in [0.05, 0.1) is 0 Å². The lowest BCUT2D eigenvalue weighted by atomic mass is 10.1. The van der Waals surface area contributed by atoms with E-state index in [9.17, 15) is 9.59 Å². The van der Waals surface area contributed by atoms with E-state index in [0.29, 0.717) is 16.3 Å². The Balaban J connectivity index is 2.27. The van der Waals surface area contributed by atoms with Gasteiger partial charge in [0.2, 0.25) is 0 Å². The molecule has 1 aromatic heterocycles. The molecule has 0 unspecified atom stereocenters. The van der Waals surface area contributed by atoms with Gasteiger partial charge >= 0.3 is 0 Å². The lowest BCUT2D eigenvalue weighted by Gasteiger charge is -2.03. The Morgan fingerprint density at radius 3 is 2.61 bits per heavy atom. The minimum absolute atomic E-state index is 0.00874. The molecule has 5 nitrogen and oxygen atoms in total. The molecular formula is C12H9N3O2S. The van der Waals surface area contributed by atoms with Gasteiger partial charge in [-0.05, 0) is 42.7 Å². The van der Waals surface area contributed by atoms with Gasteiger partial charge in [0, 0.05) is 11.3 Å². The first-order valence-electron chi connectivity index (χ1n) is 5.11. The van der Waals surface area contributed by atoms with Crippen molar-refractivity contribution in [2.75, 3.05) is 5.32 Å². The zero-order valence-corrected chi connectivity index (χ0v) is 10.3. The number of carbonyl (C=O) groups is 1. The maximum Gasteiger partial charge on any atom is 0.278 e. The predicted octanol–water partition coefficient (Wildman–Crippen LogP) is 2.25. The van der Waals surface area contributed by atoms with Crippen molar-refractivity contribution in [2.24, 2.45) is 0 Å². The number of ketones is 1. The van der Waals surface area contributed by atoms with Crippen LogP contribution in [0.4, 0.5) is 10.7 Å². The van der Waals surface area contributed by atoms with Crippen molar-refractivity contribution >= 4 is 28.0 Å². The first kappa shape index (κ1) is 12.1. The Labute approximate surface area is 107 Å². The van der Waals surface area contributed by atoms with Crippen LogP contribution in [-0.2, 0) is 0 Å². The quantitative estimate of drug-likeness (QED) is 0.828. The Hall–Kier alpha value is -2.39. The minimum Gasteiger partial charge on any atom is -0.345 e. The smallest absolute Gasteiger partial charge is 0.278 e. The van der Waals surface area contributed by atoms with Crippen molar-refractivity contribution in [3.8, 4) is 6.07 Å². The molecule has 0 amide bonds. The molecule has 2 N–H and O–H groups in total. The number of hydrogen-bond acceptors (Lipinski definition) is 5. The van der Waals surface area contributed by atoms with E-state index in [1.165, 1.54) is 6.92 Å². The van der Waals surface area contributed by atoms with Crippen LogP contribution in [-0.4, -0.2) is 10.2 Å². The molecule has 1 heterocycles. The topological polar surface area (TPSA) is 85.8 Å². The molecule has 0 radical (unpaired) electrons. The third-order valence-corrected chi connectivity index (χ3v) is 3.16. The average Bonchev–Trinajstić information content (AvgIpc) is 2.70. The van der Waals surface area contributed by atoms with Gasteiger partial charge in [-0.1, -0.05) is 0 Å². The minimum atomic E-state index is -0.398. The number of nitriles is 1. The summed E-state index contributed by atoms with van der Waals surface area (Å²) in [6.45, 7) is 1.49. The molecule has 0 saturated heterocycles. The first-order valence-corrected chi connectivity index (χ1v) is 5.93. The van der Waals surface area contributed by atoms with E-state index in [1.807, 2.05) is 6.07 Å². The van der Waals surface area contributed by atoms with Gasteiger partial charge in [-0.2, -0.15) is 5.26 Å². The third-order valence-electron chi connectivity index (χ3n) is 2.36. The highest BCUT2D eigenvalue weighted by atomic mass is 32.1. The fourth-order valence-electron chi connectivity index (χ4n) is 1.41. The third kappa shape index (κ3) is 2.31. The Kier molecular flexibility index (Phi) is 3.26. The molecule has 0 aliphatic carbocycles. The fraction of sp³-hybridized carbons (Fsp3) is 0.0833. The fourth-order valence-corrected chi connectivity index (χ4v) is 2.12. The number of rotatable bonds is 3. The maximum atomic E-state index is 11.3. The summed E-state index contributed by atoms with van der Waals surface area (Å²) in [5.41, 5.74) is 0.996. The summed E-state index contributed by atoms with van der Waals surface area (Å²) in [4.78, 5) is 22.4. The maximum absolute atomic E-state index is 11.3. The van der Waals surface area contributed by atoms with E-state index in [1.54, 1.807) is 24.3 Å². The first-order chi connectivity index (χ1) is 8.61. The van der Waals surface area contributed by atoms with Gasteiger partial charge in [0.25, 0.3) is 5.56 Å². The Bertz CT molecular complexity index is 677. The standard InChI is InChI=1S/C12H9N3O2S/c1-7(16)8-2-4-9(5-3-8)14-12-10(6-13)11(17)15-18-12/h2-5,14H,1H3,(H,15,17). The number of nitrogens with one attached hydrogen (secondary N) is 2. The molecule has 0 saturated carbocycles. The van der Waals surface area contributed by atoms with Crippen molar-refractivity contribution in [3.05, 3.63) is 45.7 Å². The van der Waals surface area contributed by atoms with Crippen LogP contribution in [0.3, 0.4) is 0 Å². The van der Waals surface area contributed by atoms with Crippen molar-refractivity contribution < 1.29 is 4.79 Å². The summed E-state index contributed by atoms with van der Waals surface area (Å²) >= 11 is 1.07. The molecule has 0 aliphatic rings. The second-order valence-electron chi connectivity index (χ2n) is 3.61. The number of aromatic amines is 1. The van der Waals surface area contributed by atoms with Crippen LogP contribution in [0.2, 0.25) is 0 Å². The number of aromatic nitrogens is 1. The summed E-state index contributed by atoms with van der Waals surface area (Å²) in [6.07, 6.45) is 0. The van der Waals surface area contributed by atoms with Crippen LogP contribution in [0.5, 0.6) is 0 Å². The lowest BCUT2D eigenvalue weighted by Crippen LogP contribution is -2.02. The van der Waals surface area contributed by atoms with Crippen molar-refractivity contribution in [2.45, 2.75) is 6.92 Å². The molecule has 2 aromatic rings. The molecule has 6 heteroatoms. The van der Waals surface area contributed by atoms with E-state index in [4.69, 9.17) is 5.26 Å². The molecule has 2 rings (SSSR count). The van der Waals surface area contributed by atoms with Gasteiger partial charge < -0.3 is 5.32 Å². The number of H-pyrrole nitrogens is 1. The van der Waals surface area contributed by atoms with Crippen LogP contribution < -0.4 is 10.9 Å².